The molecule has 0 aliphatic rings. The topological polar surface area (TPSA) is 166 Å². The molecule has 0 aliphatic heterocycles. The third-order valence-electron chi connectivity index (χ3n) is 1.99. The minimum atomic E-state index is -1.34. The van der Waals surface area contributed by atoms with E-state index in [1.165, 1.54) is 0 Å². The molecule has 0 spiro atoms. The molecule has 0 saturated heterocycles. The van der Waals surface area contributed by atoms with Crippen LogP contribution in [0.4, 0.5) is 0 Å². The predicted molar refractivity (Wildman–Crippen MR) is 65.1 cm³/mol. The SMILES string of the molecule is CC(C)C(N)C(=O)O.O=C(O)c1cc(=O)[nH]c(=O)[nH]1. The van der Waals surface area contributed by atoms with Crippen LogP contribution < -0.4 is 17.0 Å². The summed E-state index contributed by atoms with van der Waals surface area (Å²) in [5.74, 6) is -2.25. The highest BCUT2D eigenvalue weighted by molar-refractivity contribution is 5.84. The van der Waals surface area contributed by atoms with Gasteiger partial charge in [-0.3, -0.25) is 14.6 Å². The third-order valence-corrected chi connectivity index (χ3v) is 1.99. The van der Waals surface area contributed by atoms with Gasteiger partial charge in [-0.1, -0.05) is 13.8 Å². The first-order valence-electron chi connectivity index (χ1n) is 5.20. The van der Waals surface area contributed by atoms with Gasteiger partial charge in [0, 0.05) is 6.07 Å². The first kappa shape index (κ1) is 16.6. The van der Waals surface area contributed by atoms with Crippen molar-refractivity contribution in [1.82, 2.24) is 9.97 Å². The average molecular weight is 273 g/mol. The maximum atomic E-state index is 10.5. The molecule has 0 saturated carbocycles. The van der Waals surface area contributed by atoms with Gasteiger partial charge in [-0.25, -0.2) is 9.59 Å². The molecule has 0 aliphatic carbocycles. The molecule has 1 aromatic rings. The number of H-pyrrole nitrogens is 2. The van der Waals surface area contributed by atoms with Gasteiger partial charge in [-0.15, -0.1) is 0 Å². The number of carboxylic acids is 2. The van der Waals surface area contributed by atoms with Crippen molar-refractivity contribution < 1.29 is 19.8 Å². The Balaban J connectivity index is 0.000000362. The van der Waals surface area contributed by atoms with Gasteiger partial charge in [0.2, 0.25) is 0 Å². The fraction of sp³-hybridized carbons (Fsp3) is 0.400. The van der Waals surface area contributed by atoms with Crippen LogP contribution in [0.1, 0.15) is 24.3 Å². The summed E-state index contributed by atoms with van der Waals surface area (Å²) in [6, 6.07) is 0.0824. The van der Waals surface area contributed by atoms with Crippen molar-refractivity contribution in [1.29, 1.82) is 0 Å². The molecule has 1 heterocycles. The third kappa shape index (κ3) is 6.17. The highest BCUT2D eigenvalue weighted by atomic mass is 16.4. The maximum absolute atomic E-state index is 10.5. The molecule has 0 fully saturated rings. The summed E-state index contributed by atoms with van der Waals surface area (Å²) in [7, 11) is 0. The molecule has 9 heteroatoms. The number of hydrogen-bond acceptors (Lipinski definition) is 5. The first-order valence-corrected chi connectivity index (χ1v) is 5.20. The molecule has 19 heavy (non-hydrogen) atoms. The largest absolute Gasteiger partial charge is 0.480 e. The van der Waals surface area contributed by atoms with E-state index in [9.17, 15) is 19.2 Å². The highest BCUT2D eigenvalue weighted by Crippen LogP contribution is 1.96. The highest BCUT2D eigenvalue weighted by Gasteiger charge is 2.14. The normalized spacial score (nSPS) is 11.4. The van der Waals surface area contributed by atoms with Crippen molar-refractivity contribution in [2.45, 2.75) is 19.9 Å². The second kappa shape index (κ2) is 7.11. The summed E-state index contributed by atoms with van der Waals surface area (Å²) in [5, 5.41) is 16.5. The lowest BCUT2D eigenvalue weighted by molar-refractivity contribution is -0.139. The van der Waals surface area contributed by atoms with Crippen LogP contribution in [-0.4, -0.2) is 38.2 Å². The van der Waals surface area contributed by atoms with Gasteiger partial charge in [0.25, 0.3) is 5.56 Å². The summed E-state index contributed by atoms with van der Waals surface area (Å²) >= 11 is 0. The number of aromatic amines is 2. The van der Waals surface area contributed by atoms with Crippen molar-refractivity contribution in [3.05, 3.63) is 32.6 Å². The molecule has 1 atom stereocenters. The fourth-order valence-corrected chi connectivity index (χ4v) is 0.869. The predicted octanol–water partition coefficient (Wildman–Crippen LogP) is -1.18. The van der Waals surface area contributed by atoms with E-state index in [0.717, 1.165) is 6.07 Å². The number of nitrogens with two attached hydrogens (primary N) is 1. The smallest absolute Gasteiger partial charge is 0.352 e. The van der Waals surface area contributed by atoms with Crippen LogP contribution in [0.2, 0.25) is 0 Å². The van der Waals surface area contributed by atoms with E-state index in [1.54, 1.807) is 13.8 Å². The molecular weight excluding hydrogens is 258 g/mol. The van der Waals surface area contributed by atoms with Crippen LogP contribution in [0.15, 0.2) is 15.7 Å². The standard InChI is InChI=1S/C5H4N2O4.C5H11NO2/c8-3-1-2(4(9)10)6-5(11)7-3;1-3(2)4(6)5(7)8/h1H,(H,9,10)(H2,6,7,8,11);3-4H,6H2,1-2H3,(H,7,8). The van der Waals surface area contributed by atoms with Gasteiger partial charge in [-0.2, -0.15) is 0 Å². The maximum Gasteiger partial charge on any atom is 0.352 e. The van der Waals surface area contributed by atoms with Gasteiger partial charge < -0.3 is 20.9 Å². The number of rotatable bonds is 3. The number of aromatic carboxylic acids is 1. The summed E-state index contributed by atoms with van der Waals surface area (Å²) in [4.78, 5) is 44.9. The van der Waals surface area contributed by atoms with Crippen LogP contribution in [0.25, 0.3) is 0 Å². The van der Waals surface area contributed by atoms with Crippen LogP contribution in [-0.2, 0) is 4.79 Å². The van der Waals surface area contributed by atoms with Crippen LogP contribution in [0.3, 0.4) is 0 Å². The Labute approximate surface area is 107 Å². The lowest BCUT2D eigenvalue weighted by atomic mass is 10.1. The van der Waals surface area contributed by atoms with E-state index in [2.05, 4.69) is 0 Å². The monoisotopic (exact) mass is 273 g/mol. The number of aromatic nitrogens is 2. The number of carbonyl (C=O) groups is 2. The first-order chi connectivity index (χ1) is 8.65. The lowest BCUT2D eigenvalue weighted by Crippen LogP contribution is -2.34. The fourth-order valence-electron chi connectivity index (χ4n) is 0.869. The molecule has 1 rings (SSSR count). The van der Waals surface area contributed by atoms with Crippen LogP contribution in [0.5, 0.6) is 0 Å². The number of carboxylic acid groups (broad SMARTS) is 2. The molecule has 1 aromatic heterocycles. The van der Waals surface area contributed by atoms with E-state index in [0.29, 0.717) is 0 Å². The number of hydrogen-bond donors (Lipinski definition) is 5. The van der Waals surface area contributed by atoms with E-state index >= 15 is 0 Å². The Hall–Kier alpha value is -2.42. The Morgan fingerprint density at radius 1 is 1.21 bits per heavy atom. The zero-order valence-electron chi connectivity index (χ0n) is 10.3. The molecule has 9 nitrogen and oxygen atoms in total. The second-order valence-electron chi connectivity index (χ2n) is 3.91. The van der Waals surface area contributed by atoms with Gasteiger partial charge in [0.05, 0.1) is 0 Å². The number of nitrogens with one attached hydrogen (secondary N) is 2. The van der Waals surface area contributed by atoms with E-state index in [1.807, 2.05) is 9.97 Å². The quantitative estimate of drug-likeness (QED) is 0.461. The Bertz CT molecular complexity index is 531. The zero-order chi connectivity index (χ0) is 15.2. The molecule has 106 valence electrons. The second-order valence-corrected chi connectivity index (χ2v) is 3.91. The van der Waals surface area contributed by atoms with Crippen LogP contribution in [0, 0.1) is 5.92 Å². The molecule has 0 bridgehead atoms. The Morgan fingerprint density at radius 3 is 2.00 bits per heavy atom. The van der Waals surface area contributed by atoms with Gasteiger partial charge in [0.1, 0.15) is 11.7 Å². The van der Waals surface area contributed by atoms with Crippen molar-refractivity contribution in [2.75, 3.05) is 0 Å². The zero-order valence-corrected chi connectivity index (χ0v) is 10.3. The lowest BCUT2D eigenvalue weighted by Gasteiger charge is -2.07. The van der Waals surface area contributed by atoms with Crippen molar-refractivity contribution in [2.24, 2.45) is 11.7 Å². The molecule has 0 aromatic carbocycles. The molecule has 6 N–H and O–H groups in total. The van der Waals surface area contributed by atoms with Gasteiger partial charge >= 0.3 is 17.6 Å². The minimum absolute atomic E-state index is 0.0208. The van der Waals surface area contributed by atoms with Crippen molar-refractivity contribution in [3.8, 4) is 0 Å². The summed E-state index contributed by atoms with van der Waals surface area (Å²) in [5.41, 5.74) is 3.19. The van der Waals surface area contributed by atoms with Crippen molar-refractivity contribution in [3.63, 3.8) is 0 Å². The van der Waals surface area contributed by atoms with Gasteiger partial charge in [-0.05, 0) is 5.92 Å². The van der Waals surface area contributed by atoms with E-state index < -0.39 is 34.9 Å². The van der Waals surface area contributed by atoms with E-state index in [4.69, 9.17) is 15.9 Å². The van der Waals surface area contributed by atoms with Crippen LogP contribution >= 0.6 is 0 Å². The average Bonchev–Trinajstić information content (AvgIpc) is 2.27. The molecular formula is C10H15N3O6. The molecule has 0 amide bonds. The summed E-state index contributed by atoms with van der Waals surface area (Å²) in [6.07, 6.45) is 0. The summed E-state index contributed by atoms with van der Waals surface area (Å²) < 4.78 is 0. The molecule has 1 unspecified atom stereocenters. The minimum Gasteiger partial charge on any atom is -0.480 e. The Kier molecular flexibility index (Phi) is 6.21. The van der Waals surface area contributed by atoms with Crippen molar-refractivity contribution >= 4 is 11.9 Å². The van der Waals surface area contributed by atoms with E-state index in [-0.39, 0.29) is 5.92 Å². The van der Waals surface area contributed by atoms with Gasteiger partial charge in [0.15, 0.2) is 0 Å². The molecule has 0 radical (unpaired) electrons. The Morgan fingerprint density at radius 2 is 1.74 bits per heavy atom. The summed E-state index contributed by atoms with van der Waals surface area (Å²) in [6.45, 7) is 3.55. The number of aliphatic carboxylic acids is 1.